The van der Waals surface area contributed by atoms with Crippen LogP contribution in [0, 0.1) is 5.92 Å². The van der Waals surface area contributed by atoms with Gasteiger partial charge in [0, 0.05) is 17.5 Å². The molecule has 2 N–H and O–H groups in total. The number of carbonyl (C=O) groups is 1. The van der Waals surface area contributed by atoms with Gasteiger partial charge in [0.25, 0.3) is 0 Å². The molecule has 0 spiro atoms. The number of hydrogen-bond acceptors (Lipinski definition) is 3. The zero-order valence-electron chi connectivity index (χ0n) is 10.8. The normalized spacial score (nSPS) is 27.9. The maximum Gasteiger partial charge on any atom is 0.326 e. The van der Waals surface area contributed by atoms with E-state index in [0.717, 1.165) is 29.8 Å². The topological polar surface area (TPSA) is 58.6 Å². The van der Waals surface area contributed by atoms with E-state index in [9.17, 15) is 9.90 Å². The van der Waals surface area contributed by atoms with Gasteiger partial charge in [-0.05, 0) is 36.6 Å². The molecule has 4 heteroatoms. The molecular weight excluding hydrogens is 242 g/mol. The van der Waals surface area contributed by atoms with Crippen molar-refractivity contribution in [1.82, 2.24) is 0 Å². The molecule has 1 aromatic carbocycles. The predicted octanol–water partition coefficient (Wildman–Crippen LogP) is 2.62. The van der Waals surface area contributed by atoms with E-state index in [1.807, 2.05) is 18.2 Å². The molecule has 4 nitrogen and oxygen atoms in total. The molecule has 3 unspecified atom stereocenters. The lowest BCUT2D eigenvalue weighted by atomic mass is 9.72. The SMILES string of the molecule is COc1ccc2c(c1)C1C=CCCC1C(C(=O)O)N2. The number of nitrogens with one attached hydrogen (secondary N) is 1. The summed E-state index contributed by atoms with van der Waals surface area (Å²) in [6, 6.07) is 5.27. The Labute approximate surface area is 112 Å². The standard InChI is InChI=1S/C15H17NO3/c1-19-9-6-7-13-12(8-9)10-4-2-3-5-11(10)14(16-13)15(17)18/h2,4,6-8,10-11,14,16H,3,5H2,1H3,(H,17,18). The van der Waals surface area contributed by atoms with Gasteiger partial charge in [-0.15, -0.1) is 0 Å². The first-order chi connectivity index (χ1) is 9.20. The summed E-state index contributed by atoms with van der Waals surface area (Å²) >= 11 is 0. The Morgan fingerprint density at radius 2 is 2.32 bits per heavy atom. The van der Waals surface area contributed by atoms with Crippen LogP contribution in [0.3, 0.4) is 0 Å². The largest absolute Gasteiger partial charge is 0.497 e. The summed E-state index contributed by atoms with van der Waals surface area (Å²) in [5.74, 6) is 0.321. The van der Waals surface area contributed by atoms with E-state index in [1.54, 1.807) is 7.11 Å². The molecule has 0 fully saturated rings. The molecule has 1 heterocycles. The zero-order valence-corrected chi connectivity index (χ0v) is 10.8. The summed E-state index contributed by atoms with van der Waals surface area (Å²) in [5.41, 5.74) is 2.04. The molecule has 3 rings (SSSR count). The molecule has 0 radical (unpaired) electrons. The highest BCUT2D eigenvalue weighted by Crippen LogP contribution is 2.44. The second kappa shape index (κ2) is 4.61. The maximum absolute atomic E-state index is 11.4. The second-order valence-corrected chi connectivity index (χ2v) is 5.11. The summed E-state index contributed by atoms with van der Waals surface area (Å²) in [7, 11) is 1.65. The number of carboxylic acids is 1. The third-order valence-electron chi connectivity index (χ3n) is 4.09. The van der Waals surface area contributed by atoms with Crippen molar-refractivity contribution >= 4 is 11.7 Å². The van der Waals surface area contributed by atoms with Crippen molar-refractivity contribution in [3.05, 3.63) is 35.9 Å². The average Bonchev–Trinajstić information content (AvgIpc) is 2.45. The highest BCUT2D eigenvalue weighted by Gasteiger charge is 2.39. The number of ether oxygens (including phenoxy) is 1. The van der Waals surface area contributed by atoms with Crippen molar-refractivity contribution in [3.8, 4) is 5.75 Å². The molecule has 19 heavy (non-hydrogen) atoms. The first-order valence-electron chi connectivity index (χ1n) is 6.54. The summed E-state index contributed by atoms with van der Waals surface area (Å²) in [6.45, 7) is 0. The molecule has 1 aliphatic carbocycles. The Kier molecular flexibility index (Phi) is 2.93. The van der Waals surface area contributed by atoms with Crippen molar-refractivity contribution in [1.29, 1.82) is 0 Å². The van der Waals surface area contributed by atoms with Crippen molar-refractivity contribution in [2.24, 2.45) is 5.92 Å². The van der Waals surface area contributed by atoms with Crippen LogP contribution < -0.4 is 10.1 Å². The maximum atomic E-state index is 11.4. The van der Waals surface area contributed by atoms with Crippen LogP contribution in [-0.2, 0) is 4.79 Å². The van der Waals surface area contributed by atoms with Gasteiger partial charge < -0.3 is 15.2 Å². The van der Waals surface area contributed by atoms with Crippen LogP contribution in [0.2, 0.25) is 0 Å². The minimum absolute atomic E-state index is 0.113. The van der Waals surface area contributed by atoms with Crippen molar-refractivity contribution < 1.29 is 14.6 Å². The number of anilines is 1. The molecule has 1 aliphatic heterocycles. The molecule has 1 aromatic rings. The van der Waals surface area contributed by atoms with Gasteiger partial charge in [0.15, 0.2) is 0 Å². The van der Waals surface area contributed by atoms with Gasteiger partial charge >= 0.3 is 5.97 Å². The average molecular weight is 259 g/mol. The Morgan fingerprint density at radius 3 is 3.05 bits per heavy atom. The molecule has 3 atom stereocenters. The van der Waals surface area contributed by atoms with Crippen molar-refractivity contribution in [2.45, 2.75) is 24.8 Å². The summed E-state index contributed by atoms with van der Waals surface area (Å²) < 4.78 is 5.27. The number of carboxylic acid groups (broad SMARTS) is 1. The highest BCUT2D eigenvalue weighted by atomic mass is 16.5. The molecule has 0 saturated heterocycles. The van der Waals surface area contributed by atoms with Crippen molar-refractivity contribution in [2.75, 3.05) is 12.4 Å². The highest BCUT2D eigenvalue weighted by molar-refractivity contribution is 5.80. The summed E-state index contributed by atoms with van der Waals surface area (Å²) in [6.07, 6.45) is 6.14. The lowest BCUT2D eigenvalue weighted by Gasteiger charge is -2.39. The predicted molar refractivity (Wildman–Crippen MR) is 72.6 cm³/mol. The molecule has 0 bridgehead atoms. The van der Waals surface area contributed by atoms with E-state index in [1.165, 1.54) is 0 Å². The van der Waals surface area contributed by atoms with E-state index in [4.69, 9.17) is 4.74 Å². The lowest BCUT2D eigenvalue weighted by Crippen LogP contribution is -2.43. The number of aliphatic carboxylic acids is 1. The van der Waals surface area contributed by atoms with Crippen LogP contribution >= 0.6 is 0 Å². The van der Waals surface area contributed by atoms with Crippen molar-refractivity contribution in [3.63, 3.8) is 0 Å². The van der Waals surface area contributed by atoms with Gasteiger partial charge in [-0.3, -0.25) is 0 Å². The third kappa shape index (κ3) is 1.97. The van der Waals surface area contributed by atoms with Crippen LogP contribution in [0.15, 0.2) is 30.4 Å². The number of methoxy groups -OCH3 is 1. The van der Waals surface area contributed by atoms with Gasteiger partial charge in [-0.2, -0.15) is 0 Å². The molecule has 0 aromatic heterocycles. The first-order valence-corrected chi connectivity index (χ1v) is 6.54. The third-order valence-corrected chi connectivity index (χ3v) is 4.09. The minimum Gasteiger partial charge on any atom is -0.497 e. The number of fused-ring (bicyclic) bond motifs is 3. The van der Waals surface area contributed by atoms with Crippen LogP contribution in [-0.4, -0.2) is 24.2 Å². The van der Waals surface area contributed by atoms with Gasteiger partial charge in [0.05, 0.1) is 7.11 Å². The Bertz CT molecular complexity index is 538. The van der Waals surface area contributed by atoms with Gasteiger partial charge in [0.2, 0.25) is 0 Å². The number of rotatable bonds is 2. The Balaban J connectivity index is 2.07. The Hall–Kier alpha value is -1.97. The minimum atomic E-state index is -0.772. The summed E-state index contributed by atoms with van der Waals surface area (Å²) in [5, 5.41) is 12.6. The summed E-state index contributed by atoms with van der Waals surface area (Å²) in [4.78, 5) is 11.4. The van der Waals surface area contributed by atoms with Gasteiger partial charge in [0.1, 0.15) is 11.8 Å². The van der Waals surface area contributed by atoms with Gasteiger partial charge in [-0.25, -0.2) is 4.79 Å². The van der Waals surface area contributed by atoms with Gasteiger partial charge in [-0.1, -0.05) is 12.2 Å². The fraction of sp³-hybridized carbons (Fsp3) is 0.400. The number of allylic oxidation sites excluding steroid dienone is 2. The molecule has 100 valence electrons. The Morgan fingerprint density at radius 1 is 1.47 bits per heavy atom. The van der Waals surface area contributed by atoms with E-state index >= 15 is 0 Å². The van der Waals surface area contributed by atoms with E-state index < -0.39 is 12.0 Å². The van der Waals surface area contributed by atoms with Crippen LogP contribution in [0.1, 0.15) is 24.3 Å². The van der Waals surface area contributed by atoms with Crippen LogP contribution in [0.25, 0.3) is 0 Å². The quantitative estimate of drug-likeness (QED) is 0.802. The fourth-order valence-corrected chi connectivity index (χ4v) is 3.16. The lowest BCUT2D eigenvalue weighted by molar-refractivity contribution is -0.139. The fourth-order valence-electron chi connectivity index (χ4n) is 3.16. The number of hydrogen-bond donors (Lipinski definition) is 2. The number of benzene rings is 1. The second-order valence-electron chi connectivity index (χ2n) is 5.11. The molecule has 2 aliphatic rings. The monoisotopic (exact) mass is 259 g/mol. The molecule has 0 saturated carbocycles. The van der Waals surface area contributed by atoms with Crippen LogP contribution in [0.5, 0.6) is 5.75 Å². The van der Waals surface area contributed by atoms with E-state index in [0.29, 0.717) is 0 Å². The molecule has 0 amide bonds. The van der Waals surface area contributed by atoms with E-state index in [-0.39, 0.29) is 11.8 Å². The smallest absolute Gasteiger partial charge is 0.326 e. The van der Waals surface area contributed by atoms with E-state index in [2.05, 4.69) is 17.5 Å². The zero-order chi connectivity index (χ0) is 13.4. The molecular formula is C15H17NO3. The first kappa shape index (κ1) is 12.1. The van der Waals surface area contributed by atoms with Crippen LogP contribution in [0.4, 0.5) is 5.69 Å².